The second-order valence-electron chi connectivity index (χ2n) is 4.71. The maximum absolute atomic E-state index is 5.87. The van der Waals surface area contributed by atoms with Crippen LogP contribution in [0.15, 0.2) is 18.2 Å². The number of aryl methyl sites for hydroxylation is 1. The van der Waals surface area contributed by atoms with Crippen molar-refractivity contribution in [2.75, 3.05) is 44.3 Å². The molecule has 0 aromatic heterocycles. The molecule has 1 aliphatic rings. The van der Waals surface area contributed by atoms with Crippen LogP contribution in [0.4, 0.5) is 11.4 Å². The summed E-state index contributed by atoms with van der Waals surface area (Å²) in [4.78, 5) is 2.29. The van der Waals surface area contributed by atoms with Gasteiger partial charge in [0.1, 0.15) is 0 Å². The number of morpholine rings is 1. The van der Waals surface area contributed by atoms with Crippen LogP contribution in [-0.2, 0) is 4.74 Å². The number of anilines is 2. The van der Waals surface area contributed by atoms with Crippen molar-refractivity contribution in [2.24, 2.45) is 0 Å². The number of nitrogen functional groups attached to an aromatic ring is 1. The van der Waals surface area contributed by atoms with Crippen molar-refractivity contribution in [1.82, 2.24) is 4.90 Å². The molecule has 2 rings (SSSR count). The Labute approximate surface area is 103 Å². The van der Waals surface area contributed by atoms with Gasteiger partial charge < -0.3 is 20.7 Å². The maximum Gasteiger partial charge on any atom is 0.0874 e. The molecule has 3 N–H and O–H groups in total. The predicted molar refractivity (Wildman–Crippen MR) is 71.3 cm³/mol. The molecule has 1 aliphatic heterocycles. The van der Waals surface area contributed by atoms with Crippen molar-refractivity contribution in [3.05, 3.63) is 23.8 Å². The standard InChI is InChI=1S/C13H21N3O/c1-10-3-4-11(7-13(10)14)15-8-12-9-16(2)5-6-17-12/h3-4,7,12,15H,5-6,8-9,14H2,1-2H3. The Kier molecular flexibility index (Phi) is 3.86. The third-order valence-corrected chi connectivity index (χ3v) is 3.15. The van der Waals surface area contributed by atoms with Crippen LogP contribution in [0.1, 0.15) is 5.56 Å². The van der Waals surface area contributed by atoms with Crippen molar-refractivity contribution in [1.29, 1.82) is 0 Å². The number of likely N-dealkylation sites (N-methyl/N-ethyl adjacent to an activating group) is 1. The van der Waals surface area contributed by atoms with Gasteiger partial charge in [0.05, 0.1) is 12.7 Å². The van der Waals surface area contributed by atoms with Crippen molar-refractivity contribution >= 4 is 11.4 Å². The SMILES string of the molecule is Cc1ccc(NCC2CN(C)CCO2)cc1N. The molecule has 4 nitrogen and oxygen atoms in total. The Hall–Kier alpha value is -1.26. The third-order valence-electron chi connectivity index (χ3n) is 3.15. The lowest BCUT2D eigenvalue weighted by atomic mass is 10.2. The molecule has 1 aromatic rings. The summed E-state index contributed by atoms with van der Waals surface area (Å²) in [7, 11) is 2.12. The third kappa shape index (κ3) is 3.35. The molecule has 1 fully saturated rings. The fraction of sp³-hybridized carbons (Fsp3) is 0.538. The summed E-state index contributed by atoms with van der Waals surface area (Å²) < 4.78 is 5.69. The van der Waals surface area contributed by atoms with Gasteiger partial charge in [-0.1, -0.05) is 6.07 Å². The second kappa shape index (κ2) is 5.38. The van der Waals surface area contributed by atoms with Gasteiger partial charge in [-0.2, -0.15) is 0 Å². The summed E-state index contributed by atoms with van der Waals surface area (Å²) in [5, 5.41) is 3.37. The van der Waals surface area contributed by atoms with Gasteiger partial charge in [0.2, 0.25) is 0 Å². The Morgan fingerprint density at radius 1 is 1.53 bits per heavy atom. The molecule has 0 bridgehead atoms. The van der Waals surface area contributed by atoms with Crippen LogP contribution in [0.5, 0.6) is 0 Å². The number of hydrogen-bond acceptors (Lipinski definition) is 4. The summed E-state index contributed by atoms with van der Waals surface area (Å²) in [5.41, 5.74) is 8.88. The number of hydrogen-bond donors (Lipinski definition) is 2. The number of benzene rings is 1. The van der Waals surface area contributed by atoms with Gasteiger partial charge in [-0.05, 0) is 31.7 Å². The van der Waals surface area contributed by atoms with Crippen LogP contribution >= 0.6 is 0 Å². The topological polar surface area (TPSA) is 50.5 Å². The van der Waals surface area contributed by atoms with Crippen molar-refractivity contribution in [3.63, 3.8) is 0 Å². The average molecular weight is 235 g/mol. The van der Waals surface area contributed by atoms with E-state index in [-0.39, 0.29) is 6.10 Å². The molecule has 0 amide bonds. The van der Waals surface area contributed by atoms with Gasteiger partial charge in [0, 0.05) is 31.0 Å². The minimum Gasteiger partial charge on any atom is -0.398 e. The van der Waals surface area contributed by atoms with Gasteiger partial charge in [0.15, 0.2) is 0 Å². The maximum atomic E-state index is 5.87. The Morgan fingerprint density at radius 2 is 2.35 bits per heavy atom. The largest absolute Gasteiger partial charge is 0.398 e. The van der Waals surface area contributed by atoms with E-state index in [1.165, 1.54) is 0 Å². The van der Waals surface area contributed by atoms with E-state index in [0.717, 1.165) is 43.2 Å². The number of nitrogens with one attached hydrogen (secondary N) is 1. The lowest BCUT2D eigenvalue weighted by molar-refractivity contribution is -0.0117. The van der Waals surface area contributed by atoms with Crippen LogP contribution in [0, 0.1) is 6.92 Å². The minimum absolute atomic E-state index is 0.260. The fourth-order valence-corrected chi connectivity index (χ4v) is 1.97. The smallest absolute Gasteiger partial charge is 0.0874 e. The highest BCUT2D eigenvalue weighted by atomic mass is 16.5. The Bertz CT molecular complexity index is 381. The molecule has 94 valence electrons. The van der Waals surface area contributed by atoms with Crippen LogP contribution in [0.3, 0.4) is 0 Å². The molecule has 0 radical (unpaired) electrons. The molecular weight excluding hydrogens is 214 g/mol. The quantitative estimate of drug-likeness (QED) is 0.776. The van der Waals surface area contributed by atoms with Crippen LogP contribution in [0.25, 0.3) is 0 Å². The lowest BCUT2D eigenvalue weighted by Gasteiger charge is -2.30. The van der Waals surface area contributed by atoms with Gasteiger partial charge in [-0.25, -0.2) is 0 Å². The molecular formula is C13H21N3O. The van der Waals surface area contributed by atoms with E-state index >= 15 is 0 Å². The Balaban J connectivity index is 1.86. The molecule has 1 saturated heterocycles. The zero-order valence-corrected chi connectivity index (χ0v) is 10.6. The van der Waals surface area contributed by atoms with Crippen LogP contribution in [0.2, 0.25) is 0 Å². The highest BCUT2D eigenvalue weighted by Crippen LogP contribution is 2.17. The highest BCUT2D eigenvalue weighted by molar-refractivity contribution is 5.58. The fourth-order valence-electron chi connectivity index (χ4n) is 1.97. The zero-order chi connectivity index (χ0) is 12.3. The van der Waals surface area contributed by atoms with Crippen molar-refractivity contribution < 1.29 is 4.74 Å². The zero-order valence-electron chi connectivity index (χ0n) is 10.6. The number of nitrogens with zero attached hydrogens (tertiary/aromatic N) is 1. The first-order chi connectivity index (χ1) is 8.15. The van der Waals surface area contributed by atoms with E-state index in [2.05, 4.69) is 23.3 Å². The van der Waals surface area contributed by atoms with Gasteiger partial charge in [0.25, 0.3) is 0 Å². The first-order valence-electron chi connectivity index (χ1n) is 6.05. The van der Waals surface area contributed by atoms with Gasteiger partial charge in [-0.15, -0.1) is 0 Å². The number of rotatable bonds is 3. The molecule has 1 atom stereocenters. The van der Waals surface area contributed by atoms with E-state index < -0.39 is 0 Å². The van der Waals surface area contributed by atoms with Crippen molar-refractivity contribution in [3.8, 4) is 0 Å². The van der Waals surface area contributed by atoms with Gasteiger partial charge >= 0.3 is 0 Å². The lowest BCUT2D eigenvalue weighted by Crippen LogP contribution is -2.43. The van der Waals surface area contributed by atoms with E-state index in [9.17, 15) is 0 Å². The monoisotopic (exact) mass is 235 g/mol. The molecule has 17 heavy (non-hydrogen) atoms. The molecule has 1 heterocycles. The summed E-state index contributed by atoms with van der Waals surface area (Å²) in [6, 6.07) is 6.06. The summed E-state index contributed by atoms with van der Waals surface area (Å²) in [6.45, 7) is 5.66. The van der Waals surface area contributed by atoms with Crippen LogP contribution < -0.4 is 11.1 Å². The van der Waals surface area contributed by atoms with Gasteiger partial charge in [-0.3, -0.25) is 0 Å². The van der Waals surface area contributed by atoms with Crippen molar-refractivity contribution in [2.45, 2.75) is 13.0 Å². The summed E-state index contributed by atoms with van der Waals surface area (Å²) in [6.07, 6.45) is 0.260. The molecule has 1 unspecified atom stereocenters. The molecule has 0 spiro atoms. The average Bonchev–Trinajstić information content (AvgIpc) is 2.31. The molecule has 1 aromatic carbocycles. The minimum atomic E-state index is 0.260. The van der Waals surface area contributed by atoms with E-state index in [4.69, 9.17) is 10.5 Å². The highest BCUT2D eigenvalue weighted by Gasteiger charge is 2.17. The predicted octanol–water partition coefficient (Wildman–Crippen LogP) is 1.32. The van der Waals surface area contributed by atoms with E-state index in [1.54, 1.807) is 0 Å². The molecule has 4 heteroatoms. The first kappa shape index (κ1) is 12.2. The normalized spacial score (nSPS) is 21.4. The first-order valence-corrected chi connectivity index (χ1v) is 6.05. The molecule has 0 aliphatic carbocycles. The molecule has 0 saturated carbocycles. The van der Waals surface area contributed by atoms with Crippen LogP contribution in [-0.4, -0.2) is 44.3 Å². The summed E-state index contributed by atoms with van der Waals surface area (Å²) in [5.74, 6) is 0. The summed E-state index contributed by atoms with van der Waals surface area (Å²) >= 11 is 0. The van der Waals surface area contributed by atoms with E-state index in [0.29, 0.717) is 0 Å². The second-order valence-corrected chi connectivity index (χ2v) is 4.71. The number of nitrogens with two attached hydrogens (primary N) is 1. The Morgan fingerprint density at radius 3 is 3.06 bits per heavy atom. The number of ether oxygens (including phenoxy) is 1. The van der Waals surface area contributed by atoms with E-state index in [1.807, 2.05) is 19.1 Å².